The standard InChI is InChI=1S/C15H16N2O4/c1-20-14-8-7-12(17(18)19)9-11(14)10-16-13-5-3-4-6-15(13)21-2/h3-9,16H,10H2,1-2H3. The zero-order valence-electron chi connectivity index (χ0n) is 11.8. The van der Waals surface area contributed by atoms with Gasteiger partial charge in [-0.15, -0.1) is 0 Å². The number of ether oxygens (including phenoxy) is 2. The molecule has 6 nitrogen and oxygen atoms in total. The van der Waals surface area contributed by atoms with Crippen LogP contribution in [-0.2, 0) is 6.54 Å². The van der Waals surface area contributed by atoms with Crippen LogP contribution in [-0.4, -0.2) is 19.1 Å². The first-order valence-electron chi connectivity index (χ1n) is 6.34. The molecule has 0 saturated heterocycles. The number of nitro benzene ring substituents is 1. The van der Waals surface area contributed by atoms with E-state index in [-0.39, 0.29) is 5.69 Å². The zero-order chi connectivity index (χ0) is 15.2. The van der Waals surface area contributed by atoms with Crippen molar-refractivity contribution in [3.8, 4) is 11.5 Å². The zero-order valence-corrected chi connectivity index (χ0v) is 11.8. The summed E-state index contributed by atoms with van der Waals surface area (Å²) in [7, 11) is 3.13. The van der Waals surface area contributed by atoms with Crippen LogP contribution in [0.4, 0.5) is 11.4 Å². The number of nitrogens with one attached hydrogen (secondary N) is 1. The van der Waals surface area contributed by atoms with Gasteiger partial charge in [0.1, 0.15) is 11.5 Å². The molecule has 21 heavy (non-hydrogen) atoms. The number of nitrogens with zero attached hydrogens (tertiary/aromatic N) is 1. The fourth-order valence-electron chi connectivity index (χ4n) is 2.00. The van der Waals surface area contributed by atoms with Gasteiger partial charge in [0.05, 0.1) is 24.8 Å². The van der Waals surface area contributed by atoms with E-state index in [1.807, 2.05) is 24.3 Å². The Labute approximate surface area is 122 Å². The molecule has 0 aliphatic heterocycles. The van der Waals surface area contributed by atoms with Crippen molar-refractivity contribution in [2.24, 2.45) is 0 Å². The minimum absolute atomic E-state index is 0.0348. The van der Waals surface area contributed by atoms with Gasteiger partial charge >= 0.3 is 0 Å². The van der Waals surface area contributed by atoms with E-state index in [0.29, 0.717) is 23.6 Å². The third-order valence-corrected chi connectivity index (χ3v) is 3.05. The maximum Gasteiger partial charge on any atom is 0.270 e. The molecule has 110 valence electrons. The number of nitro groups is 1. The van der Waals surface area contributed by atoms with E-state index in [2.05, 4.69) is 5.32 Å². The maximum absolute atomic E-state index is 10.9. The van der Waals surface area contributed by atoms with Gasteiger partial charge in [-0.25, -0.2) is 0 Å². The molecular weight excluding hydrogens is 272 g/mol. The Balaban J connectivity index is 2.22. The highest BCUT2D eigenvalue weighted by Gasteiger charge is 2.11. The van der Waals surface area contributed by atoms with Gasteiger partial charge in [-0.3, -0.25) is 10.1 Å². The molecule has 0 amide bonds. The number of anilines is 1. The minimum Gasteiger partial charge on any atom is -0.496 e. The van der Waals surface area contributed by atoms with Crippen LogP contribution in [0.3, 0.4) is 0 Å². The van der Waals surface area contributed by atoms with Crippen LogP contribution in [0.1, 0.15) is 5.56 Å². The summed E-state index contributed by atoms with van der Waals surface area (Å²) in [6.45, 7) is 0.394. The lowest BCUT2D eigenvalue weighted by Crippen LogP contribution is -2.04. The first-order valence-corrected chi connectivity index (χ1v) is 6.34. The minimum atomic E-state index is -0.425. The summed E-state index contributed by atoms with van der Waals surface area (Å²) in [6, 6.07) is 12.0. The van der Waals surface area contributed by atoms with Crippen molar-refractivity contribution < 1.29 is 14.4 Å². The van der Waals surface area contributed by atoms with E-state index in [4.69, 9.17) is 9.47 Å². The number of hydrogen-bond donors (Lipinski definition) is 1. The highest BCUT2D eigenvalue weighted by atomic mass is 16.6. The van der Waals surface area contributed by atoms with Gasteiger partial charge in [0.15, 0.2) is 0 Å². The lowest BCUT2D eigenvalue weighted by molar-refractivity contribution is -0.384. The Morgan fingerprint density at radius 2 is 1.81 bits per heavy atom. The molecule has 0 unspecified atom stereocenters. The molecule has 0 heterocycles. The summed E-state index contributed by atoms with van der Waals surface area (Å²) in [6.07, 6.45) is 0. The molecule has 0 fully saturated rings. The lowest BCUT2D eigenvalue weighted by atomic mass is 10.1. The van der Waals surface area contributed by atoms with Crippen molar-refractivity contribution in [1.29, 1.82) is 0 Å². The molecule has 0 spiro atoms. The van der Waals surface area contributed by atoms with Crippen LogP contribution in [0.5, 0.6) is 11.5 Å². The number of para-hydroxylation sites is 2. The number of methoxy groups -OCH3 is 2. The summed E-state index contributed by atoms with van der Waals surface area (Å²) in [5.41, 5.74) is 1.55. The van der Waals surface area contributed by atoms with E-state index in [1.165, 1.54) is 19.2 Å². The molecule has 0 bridgehead atoms. The Morgan fingerprint density at radius 1 is 1.10 bits per heavy atom. The Hall–Kier alpha value is -2.76. The van der Waals surface area contributed by atoms with Crippen molar-refractivity contribution >= 4 is 11.4 Å². The van der Waals surface area contributed by atoms with Crippen LogP contribution in [0, 0.1) is 10.1 Å². The predicted octanol–water partition coefficient (Wildman–Crippen LogP) is 3.22. The van der Waals surface area contributed by atoms with Gasteiger partial charge in [0.2, 0.25) is 0 Å². The normalized spacial score (nSPS) is 10.0. The highest BCUT2D eigenvalue weighted by molar-refractivity contribution is 5.57. The third kappa shape index (κ3) is 3.42. The molecule has 0 aromatic heterocycles. The van der Waals surface area contributed by atoms with Gasteiger partial charge in [-0.1, -0.05) is 12.1 Å². The second-order valence-electron chi connectivity index (χ2n) is 4.31. The van der Waals surface area contributed by atoms with Crippen molar-refractivity contribution in [1.82, 2.24) is 0 Å². The van der Waals surface area contributed by atoms with E-state index < -0.39 is 4.92 Å². The Bertz CT molecular complexity index is 643. The van der Waals surface area contributed by atoms with Crippen LogP contribution >= 0.6 is 0 Å². The van der Waals surface area contributed by atoms with E-state index >= 15 is 0 Å². The molecule has 2 rings (SSSR count). The lowest BCUT2D eigenvalue weighted by Gasteiger charge is -2.13. The molecule has 6 heteroatoms. The van der Waals surface area contributed by atoms with Crippen LogP contribution in [0.2, 0.25) is 0 Å². The SMILES string of the molecule is COc1ccc([N+](=O)[O-])cc1CNc1ccccc1OC. The van der Waals surface area contributed by atoms with Gasteiger partial charge in [0.25, 0.3) is 5.69 Å². The second kappa shape index (κ2) is 6.60. The third-order valence-electron chi connectivity index (χ3n) is 3.05. The molecule has 1 N–H and O–H groups in total. The maximum atomic E-state index is 10.9. The number of rotatable bonds is 6. The average Bonchev–Trinajstić information content (AvgIpc) is 2.52. The van der Waals surface area contributed by atoms with Crippen molar-refractivity contribution in [3.05, 3.63) is 58.1 Å². The topological polar surface area (TPSA) is 73.6 Å². The summed E-state index contributed by atoms with van der Waals surface area (Å²) in [4.78, 5) is 10.4. The summed E-state index contributed by atoms with van der Waals surface area (Å²) in [5, 5.41) is 14.0. The average molecular weight is 288 g/mol. The molecule has 0 aliphatic carbocycles. The molecule has 2 aromatic rings. The van der Waals surface area contributed by atoms with Crippen molar-refractivity contribution in [2.75, 3.05) is 19.5 Å². The number of benzene rings is 2. The molecular formula is C15H16N2O4. The molecule has 0 aliphatic rings. The van der Waals surface area contributed by atoms with Gasteiger partial charge < -0.3 is 14.8 Å². The van der Waals surface area contributed by atoms with Crippen LogP contribution in [0.25, 0.3) is 0 Å². The molecule has 2 aromatic carbocycles. The molecule has 0 radical (unpaired) electrons. The van der Waals surface area contributed by atoms with Gasteiger partial charge in [0, 0.05) is 24.2 Å². The molecule has 0 atom stereocenters. The quantitative estimate of drug-likeness (QED) is 0.652. The predicted molar refractivity (Wildman–Crippen MR) is 80.0 cm³/mol. The highest BCUT2D eigenvalue weighted by Crippen LogP contribution is 2.27. The summed E-state index contributed by atoms with van der Waals surface area (Å²) < 4.78 is 10.5. The van der Waals surface area contributed by atoms with Gasteiger partial charge in [-0.2, -0.15) is 0 Å². The summed E-state index contributed by atoms with van der Waals surface area (Å²) in [5.74, 6) is 1.31. The second-order valence-corrected chi connectivity index (χ2v) is 4.31. The monoisotopic (exact) mass is 288 g/mol. The largest absolute Gasteiger partial charge is 0.496 e. The van der Waals surface area contributed by atoms with E-state index in [1.54, 1.807) is 13.2 Å². The Kier molecular flexibility index (Phi) is 4.61. The summed E-state index contributed by atoms with van der Waals surface area (Å²) >= 11 is 0. The van der Waals surface area contributed by atoms with E-state index in [0.717, 1.165) is 5.69 Å². The first-order chi connectivity index (χ1) is 10.2. The smallest absolute Gasteiger partial charge is 0.270 e. The van der Waals surface area contributed by atoms with Gasteiger partial charge in [-0.05, 0) is 18.2 Å². The van der Waals surface area contributed by atoms with Crippen LogP contribution < -0.4 is 14.8 Å². The van der Waals surface area contributed by atoms with Crippen molar-refractivity contribution in [2.45, 2.75) is 6.54 Å². The number of hydrogen-bond acceptors (Lipinski definition) is 5. The van der Waals surface area contributed by atoms with E-state index in [9.17, 15) is 10.1 Å². The Morgan fingerprint density at radius 3 is 2.48 bits per heavy atom. The van der Waals surface area contributed by atoms with Crippen molar-refractivity contribution in [3.63, 3.8) is 0 Å². The number of non-ortho nitro benzene ring substituents is 1. The van der Waals surface area contributed by atoms with Crippen LogP contribution in [0.15, 0.2) is 42.5 Å². The molecule has 0 saturated carbocycles. The fourth-order valence-corrected chi connectivity index (χ4v) is 2.00. The fraction of sp³-hybridized carbons (Fsp3) is 0.200. The first kappa shape index (κ1) is 14.6.